The molecule has 2 heterocycles. The predicted octanol–water partition coefficient (Wildman–Crippen LogP) is 1.92. The molecule has 1 aliphatic heterocycles. The van der Waals surface area contributed by atoms with E-state index >= 15 is 0 Å². The number of nitrogens with one attached hydrogen (secondary N) is 1. The highest BCUT2D eigenvalue weighted by atomic mass is 16.4. The Hall–Kier alpha value is -2.05. The summed E-state index contributed by atoms with van der Waals surface area (Å²) in [5.41, 5.74) is -0.0223. The van der Waals surface area contributed by atoms with Gasteiger partial charge in [-0.3, -0.25) is 9.48 Å². The minimum atomic E-state index is -0.739. The van der Waals surface area contributed by atoms with Crippen LogP contribution in [-0.2, 0) is 11.8 Å². The van der Waals surface area contributed by atoms with Crippen molar-refractivity contribution >= 4 is 17.7 Å². The molecule has 0 bridgehead atoms. The second-order valence-corrected chi connectivity index (χ2v) is 5.66. The lowest BCUT2D eigenvalue weighted by molar-refractivity contribution is -0.152. The first kappa shape index (κ1) is 15.3. The first-order valence-corrected chi connectivity index (χ1v) is 7.25. The van der Waals surface area contributed by atoms with Crippen molar-refractivity contribution in [2.45, 2.75) is 32.6 Å². The second kappa shape index (κ2) is 6.15. The highest BCUT2D eigenvalue weighted by Gasteiger charge is 2.41. The molecular formula is C14H22N4O3. The highest BCUT2D eigenvalue weighted by Crippen LogP contribution is 2.36. The smallest absolute Gasteiger partial charge is 0.321 e. The van der Waals surface area contributed by atoms with E-state index in [1.807, 2.05) is 6.92 Å². The van der Waals surface area contributed by atoms with Crippen molar-refractivity contribution in [2.75, 3.05) is 18.4 Å². The molecule has 1 aromatic heterocycles. The fourth-order valence-electron chi connectivity index (χ4n) is 2.88. The van der Waals surface area contributed by atoms with Crippen LogP contribution in [0, 0.1) is 5.41 Å². The lowest BCUT2D eigenvalue weighted by Crippen LogP contribution is -2.47. The summed E-state index contributed by atoms with van der Waals surface area (Å²) >= 11 is 0. The molecule has 0 spiro atoms. The van der Waals surface area contributed by atoms with Gasteiger partial charge in [-0.25, -0.2) is 4.79 Å². The van der Waals surface area contributed by atoms with Gasteiger partial charge in [0.1, 0.15) is 0 Å². The average molecular weight is 294 g/mol. The Morgan fingerprint density at radius 1 is 1.43 bits per heavy atom. The van der Waals surface area contributed by atoms with E-state index in [9.17, 15) is 14.7 Å². The third-order valence-corrected chi connectivity index (χ3v) is 4.15. The van der Waals surface area contributed by atoms with Gasteiger partial charge in [-0.15, -0.1) is 0 Å². The van der Waals surface area contributed by atoms with E-state index < -0.39 is 11.4 Å². The molecule has 7 nitrogen and oxygen atoms in total. The molecule has 2 N–H and O–H groups in total. The molecule has 0 atom stereocenters. The van der Waals surface area contributed by atoms with Gasteiger partial charge in [0.05, 0.1) is 17.3 Å². The average Bonchev–Trinajstić information content (AvgIpc) is 2.85. The Morgan fingerprint density at radius 3 is 2.57 bits per heavy atom. The van der Waals surface area contributed by atoms with Crippen LogP contribution < -0.4 is 5.32 Å². The van der Waals surface area contributed by atoms with E-state index in [1.54, 1.807) is 29.0 Å². The van der Waals surface area contributed by atoms with Crippen LogP contribution in [0.25, 0.3) is 0 Å². The summed E-state index contributed by atoms with van der Waals surface area (Å²) in [6.07, 6.45) is 5.84. The Kier molecular flexibility index (Phi) is 4.50. The van der Waals surface area contributed by atoms with Crippen molar-refractivity contribution in [2.24, 2.45) is 12.5 Å². The zero-order valence-corrected chi connectivity index (χ0v) is 12.5. The van der Waals surface area contributed by atoms with E-state index in [-0.39, 0.29) is 6.03 Å². The lowest BCUT2D eigenvalue weighted by Gasteiger charge is -2.38. The van der Waals surface area contributed by atoms with Gasteiger partial charge in [-0.05, 0) is 19.3 Å². The Labute approximate surface area is 123 Å². The van der Waals surface area contributed by atoms with E-state index in [0.717, 1.165) is 6.42 Å². The molecule has 116 valence electrons. The molecular weight excluding hydrogens is 272 g/mol. The first-order valence-electron chi connectivity index (χ1n) is 7.25. The molecule has 0 saturated carbocycles. The molecule has 1 fully saturated rings. The number of aromatic nitrogens is 2. The van der Waals surface area contributed by atoms with Crippen LogP contribution in [0.5, 0.6) is 0 Å². The number of carboxylic acids is 1. The van der Waals surface area contributed by atoms with Crippen LogP contribution in [0.3, 0.4) is 0 Å². The van der Waals surface area contributed by atoms with Gasteiger partial charge in [0.15, 0.2) is 0 Å². The number of hydrogen-bond donors (Lipinski definition) is 2. The summed E-state index contributed by atoms with van der Waals surface area (Å²) in [6.45, 7) is 2.93. The molecule has 1 saturated heterocycles. The van der Waals surface area contributed by atoms with Crippen LogP contribution in [0.15, 0.2) is 12.4 Å². The van der Waals surface area contributed by atoms with Gasteiger partial charge in [0.2, 0.25) is 0 Å². The number of aryl methyl sites for hydroxylation is 1. The molecule has 7 heteroatoms. The minimum Gasteiger partial charge on any atom is -0.481 e. The van der Waals surface area contributed by atoms with Crippen molar-refractivity contribution in [1.82, 2.24) is 14.7 Å². The monoisotopic (exact) mass is 294 g/mol. The number of aliphatic carboxylic acids is 1. The van der Waals surface area contributed by atoms with Crippen molar-refractivity contribution < 1.29 is 14.7 Å². The summed E-state index contributed by atoms with van der Waals surface area (Å²) in [7, 11) is 1.78. The Balaban J connectivity index is 1.93. The largest absolute Gasteiger partial charge is 0.481 e. The van der Waals surface area contributed by atoms with Crippen LogP contribution in [-0.4, -0.2) is 44.9 Å². The number of nitrogens with zero attached hydrogens (tertiary/aromatic N) is 3. The lowest BCUT2D eigenvalue weighted by atomic mass is 9.75. The third-order valence-electron chi connectivity index (χ3n) is 4.15. The maximum Gasteiger partial charge on any atom is 0.321 e. The quantitative estimate of drug-likeness (QED) is 0.888. The second-order valence-electron chi connectivity index (χ2n) is 5.66. The standard InChI is InChI=1S/C14H22N4O3/c1-3-4-14(12(19)20)5-7-18(8-6-14)13(21)16-11-9-15-17(2)10-11/h9-10H,3-8H2,1-2H3,(H,16,21)(H,19,20). The minimum absolute atomic E-state index is 0.196. The molecule has 1 aromatic rings. The van der Waals surface area contributed by atoms with Gasteiger partial charge in [-0.1, -0.05) is 13.3 Å². The van der Waals surface area contributed by atoms with Crippen molar-refractivity contribution in [1.29, 1.82) is 0 Å². The summed E-state index contributed by atoms with van der Waals surface area (Å²) < 4.78 is 1.61. The summed E-state index contributed by atoms with van der Waals surface area (Å²) in [5, 5.41) is 16.2. The summed E-state index contributed by atoms with van der Waals surface area (Å²) in [4.78, 5) is 25.3. The normalized spacial score (nSPS) is 17.5. The zero-order chi connectivity index (χ0) is 15.5. The number of carbonyl (C=O) groups excluding carboxylic acids is 1. The van der Waals surface area contributed by atoms with Crippen LogP contribution in [0.1, 0.15) is 32.6 Å². The van der Waals surface area contributed by atoms with Crippen LogP contribution in [0.2, 0.25) is 0 Å². The number of urea groups is 1. The molecule has 0 radical (unpaired) electrons. The van der Waals surface area contributed by atoms with Crippen molar-refractivity contribution in [3.05, 3.63) is 12.4 Å². The van der Waals surface area contributed by atoms with Gasteiger partial charge < -0.3 is 15.3 Å². The fraction of sp³-hybridized carbons (Fsp3) is 0.643. The number of carboxylic acid groups (broad SMARTS) is 1. The zero-order valence-electron chi connectivity index (χ0n) is 12.5. The molecule has 0 unspecified atom stereocenters. The molecule has 2 rings (SSSR count). The van der Waals surface area contributed by atoms with Gasteiger partial charge >= 0.3 is 12.0 Å². The fourth-order valence-corrected chi connectivity index (χ4v) is 2.88. The predicted molar refractivity (Wildman–Crippen MR) is 78.0 cm³/mol. The Bertz CT molecular complexity index is 518. The molecule has 0 aliphatic carbocycles. The van der Waals surface area contributed by atoms with E-state index in [0.29, 0.717) is 38.0 Å². The molecule has 2 amide bonds. The summed E-state index contributed by atoms with van der Waals surface area (Å²) in [6, 6.07) is -0.196. The van der Waals surface area contributed by atoms with E-state index in [1.165, 1.54) is 0 Å². The van der Waals surface area contributed by atoms with E-state index in [4.69, 9.17) is 0 Å². The SMILES string of the molecule is CCCC1(C(=O)O)CCN(C(=O)Nc2cnn(C)c2)CC1. The molecule has 21 heavy (non-hydrogen) atoms. The van der Waals surface area contributed by atoms with Gasteiger partial charge in [0.25, 0.3) is 0 Å². The number of hydrogen-bond acceptors (Lipinski definition) is 3. The number of anilines is 1. The van der Waals surface area contributed by atoms with Crippen LogP contribution in [0.4, 0.5) is 10.5 Å². The number of piperidine rings is 1. The molecule has 0 aromatic carbocycles. The number of carbonyl (C=O) groups is 2. The molecule has 1 aliphatic rings. The van der Waals surface area contributed by atoms with Gasteiger partial charge in [0, 0.05) is 26.3 Å². The maximum atomic E-state index is 12.1. The first-order chi connectivity index (χ1) is 9.97. The highest BCUT2D eigenvalue weighted by molar-refractivity contribution is 5.89. The van der Waals surface area contributed by atoms with E-state index in [2.05, 4.69) is 10.4 Å². The Morgan fingerprint density at radius 2 is 2.10 bits per heavy atom. The maximum absolute atomic E-state index is 12.1. The third kappa shape index (κ3) is 3.34. The number of amides is 2. The number of rotatable bonds is 4. The van der Waals surface area contributed by atoms with Crippen molar-refractivity contribution in [3.63, 3.8) is 0 Å². The van der Waals surface area contributed by atoms with Crippen molar-refractivity contribution in [3.8, 4) is 0 Å². The summed E-state index contributed by atoms with van der Waals surface area (Å²) in [5.74, 6) is -0.739. The topological polar surface area (TPSA) is 87.5 Å². The van der Waals surface area contributed by atoms with Crippen LogP contribution >= 0.6 is 0 Å². The number of likely N-dealkylation sites (tertiary alicyclic amines) is 1. The van der Waals surface area contributed by atoms with Gasteiger partial charge in [-0.2, -0.15) is 5.10 Å².